The van der Waals surface area contributed by atoms with E-state index in [-0.39, 0.29) is 23.5 Å². The highest BCUT2D eigenvalue weighted by Gasteiger charge is 2.20. The summed E-state index contributed by atoms with van der Waals surface area (Å²) in [5.74, 6) is 0.124. The molecule has 1 aliphatic heterocycles. The number of hydrogen-bond donors (Lipinski definition) is 3. The average Bonchev–Trinajstić information content (AvgIpc) is 2.62. The third-order valence-corrected chi connectivity index (χ3v) is 3.13. The molecule has 5 heteroatoms. The number of carbonyl (C=O) groups is 1. The molecule has 1 saturated heterocycles. The number of aromatic nitrogens is 1. The highest BCUT2D eigenvalue weighted by Crippen LogP contribution is 2.21. The zero-order chi connectivity index (χ0) is 13.0. The first-order valence-corrected chi connectivity index (χ1v) is 6.37. The fourth-order valence-corrected chi connectivity index (χ4v) is 2.10. The van der Waals surface area contributed by atoms with Gasteiger partial charge in [0.25, 0.3) is 0 Å². The molecule has 1 atom stereocenters. The van der Waals surface area contributed by atoms with Gasteiger partial charge >= 0.3 is 0 Å². The summed E-state index contributed by atoms with van der Waals surface area (Å²) < 4.78 is 0. The van der Waals surface area contributed by atoms with Crippen LogP contribution in [0.2, 0.25) is 0 Å². The molecule has 1 amide bonds. The first-order chi connectivity index (χ1) is 8.66. The first kappa shape index (κ1) is 12.8. The number of nitrogens with one attached hydrogen (secondary N) is 2. The van der Waals surface area contributed by atoms with Gasteiger partial charge in [0.05, 0.1) is 6.04 Å². The van der Waals surface area contributed by atoms with Crippen LogP contribution in [0.15, 0.2) is 12.1 Å². The Balaban J connectivity index is 2.03. The van der Waals surface area contributed by atoms with E-state index in [1.54, 1.807) is 12.1 Å². The summed E-state index contributed by atoms with van der Waals surface area (Å²) in [7, 11) is 0. The number of carbonyl (C=O) groups excluding carboxylic acids is 1. The summed E-state index contributed by atoms with van der Waals surface area (Å²) in [6, 6.07) is 3.06. The highest BCUT2D eigenvalue weighted by atomic mass is 16.3. The summed E-state index contributed by atoms with van der Waals surface area (Å²) in [4.78, 5) is 16.2. The lowest BCUT2D eigenvalue weighted by Crippen LogP contribution is -2.40. The number of anilines is 1. The summed E-state index contributed by atoms with van der Waals surface area (Å²) in [6.45, 7) is 2.68. The molecule has 0 aromatic carbocycles. The monoisotopic (exact) mass is 249 g/mol. The van der Waals surface area contributed by atoms with E-state index in [0.29, 0.717) is 0 Å². The molecule has 0 saturated carbocycles. The van der Waals surface area contributed by atoms with Crippen LogP contribution in [0.5, 0.6) is 5.75 Å². The van der Waals surface area contributed by atoms with Crippen LogP contribution in [0.25, 0.3) is 0 Å². The second-order valence-corrected chi connectivity index (χ2v) is 4.67. The molecule has 1 fully saturated rings. The van der Waals surface area contributed by atoms with Crippen molar-refractivity contribution < 1.29 is 9.90 Å². The molecular formula is C13H19N3O2. The van der Waals surface area contributed by atoms with Gasteiger partial charge in [-0.25, -0.2) is 4.98 Å². The summed E-state index contributed by atoms with van der Waals surface area (Å²) >= 11 is 0. The summed E-state index contributed by atoms with van der Waals surface area (Å²) in [6.07, 6.45) is 4.15. The van der Waals surface area contributed by atoms with Crippen molar-refractivity contribution in [3.63, 3.8) is 0 Å². The van der Waals surface area contributed by atoms with Gasteiger partial charge in [-0.3, -0.25) is 4.79 Å². The number of rotatable bonds is 2. The van der Waals surface area contributed by atoms with E-state index in [4.69, 9.17) is 0 Å². The predicted octanol–water partition coefficient (Wildman–Crippen LogP) is 1.57. The van der Waals surface area contributed by atoms with Crippen molar-refractivity contribution in [2.75, 3.05) is 11.9 Å². The first-order valence-electron chi connectivity index (χ1n) is 6.37. The summed E-state index contributed by atoms with van der Waals surface area (Å²) in [5.41, 5.74) is 0.761. The fourth-order valence-electron chi connectivity index (χ4n) is 2.10. The number of aryl methyl sites for hydroxylation is 1. The lowest BCUT2D eigenvalue weighted by Gasteiger charge is -2.15. The Hall–Kier alpha value is -1.62. The smallest absolute Gasteiger partial charge is 0.242 e. The topological polar surface area (TPSA) is 74.2 Å². The maximum Gasteiger partial charge on any atom is 0.242 e. The highest BCUT2D eigenvalue weighted by molar-refractivity contribution is 5.95. The molecule has 1 aliphatic rings. The maximum atomic E-state index is 12.1. The van der Waals surface area contributed by atoms with Gasteiger partial charge in [0.15, 0.2) is 11.6 Å². The molecule has 1 aromatic rings. The van der Waals surface area contributed by atoms with Gasteiger partial charge in [-0.05, 0) is 38.4 Å². The SMILES string of the molecule is Cc1ccc(O)c(NC(=O)C2CCCCCN2)n1. The second kappa shape index (κ2) is 5.82. The van der Waals surface area contributed by atoms with E-state index in [1.807, 2.05) is 6.92 Å². The van der Waals surface area contributed by atoms with Crippen molar-refractivity contribution in [3.8, 4) is 5.75 Å². The molecule has 3 N–H and O–H groups in total. The van der Waals surface area contributed by atoms with Crippen LogP contribution in [0.4, 0.5) is 5.82 Å². The summed E-state index contributed by atoms with van der Waals surface area (Å²) in [5, 5.41) is 15.5. The third-order valence-electron chi connectivity index (χ3n) is 3.13. The van der Waals surface area contributed by atoms with Gasteiger partial charge in [0.2, 0.25) is 5.91 Å². The minimum Gasteiger partial charge on any atom is -0.504 e. The largest absolute Gasteiger partial charge is 0.504 e. The molecule has 0 aliphatic carbocycles. The van der Waals surface area contributed by atoms with Crippen LogP contribution in [-0.2, 0) is 4.79 Å². The lowest BCUT2D eigenvalue weighted by atomic mass is 10.1. The minimum atomic E-state index is -0.186. The molecular weight excluding hydrogens is 230 g/mol. The van der Waals surface area contributed by atoms with Crippen molar-refractivity contribution in [2.45, 2.75) is 38.6 Å². The molecule has 1 aromatic heterocycles. The van der Waals surface area contributed by atoms with Crippen LogP contribution in [0, 0.1) is 6.92 Å². The van der Waals surface area contributed by atoms with Gasteiger partial charge in [-0.2, -0.15) is 0 Å². The van der Waals surface area contributed by atoms with Crippen LogP contribution in [-0.4, -0.2) is 28.6 Å². The molecule has 1 unspecified atom stereocenters. The van der Waals surface area contributed by atoms with Gasteiger partial charge in [-0.15, -0.1) is 0 Å². The van der Waals surface area contributed by atoms with Gasteiger partial charge < -0.3 is 15.7 Å². The number of amides is 1. The predicted molar refractivity (Wildman–Crippen MR) is 69.5 cm³/mol. The van der Waals surface area contributed by atoms with Crippen molar-refractivity contribution in [2.24, 2.45) is 0 Å². The number of nitrogens with zero attached hydrogens (tertiary/aromatic N) is 1. The van der Waals surface area contributed by atoms with Crippen LogP contribution in [0.3, 0.4) is 0 Å². The van der Waals surface area contributed by atoms with E-state index in [0.717, 1.165) is 37.9 Å². The van der Waals surface area contributed by atoms with Crippen LogP contribution < -0.4 is 10.6 Å². The van der Waals surface area contributed by atoms with Crippen molar-refractivity contribution in [1.29, 1.82) is 0 Å². The van der Waals surface area contributed by atoms with E-state index in [2.05, 4.69) is 15.6 Å². The van der Waals surface area contributed by atoms with Gasteiger partial charge in [-0.1, -0.05) is 12.8 Å². The van der Waals surface area contributed by atoms with E-state index >= 15 is 0 Å². The Kier molecular flexibility index (Phi) is 4.15. The number of hydrogen-bond acceptors (Lipinski definition) is 4. The van der Waals surface area contributed by atoms with Crippen LogP contribution in [0.1, 0.15) is 31.4 Å². The number of aromatic hydroxyl groups is 1. The minimum absolute atomic E-state index is 0.00238. The van der Waals surface area contributed by atoms with E-state index < -0.39 is 0 Å². The molecule has 2 rings (SSSR count). The van der Waals surface area contributed by atoms with Crippen molar-refractivity contribution >= 4 is 11.7 Å². The zero-order valence-electron chi connectivity index (χ0n) is 10.6. The lowest BCUT2D eigenvalue weighted by molar-refractivity contribution is -0.118. The molecule has 0 radical (unpaired) electrons. The van der Waals surface area contributed by atoms with Crippen molar-refractivity contribution in [3.05, 3.63) is 17.8 Å². The molecule has 0 spiro atoms. The Bertz CT molecular complexity index is 426. The van der Waals surface area contributed by atoms with Crippen molar-refractivity contribution in [1.82, 2.24) is 10.3 Å². The molecule has 2 heterocycles. The number of pyridine rings is 1. The third kappa shape index (κ3) is 3.20. The van der Waals surface area contributed by atoms with Crippen LogP contribution >= 0.6 is 0 Å². The Morgan fingerprint density at radius 2 is 2.28 bits per heavy atom. The van der Waals surface area contributed by atoms with E-state index in [1.165, 1.54) is 0 Å². The molecule has 5 nitrogen and oxygen atoms in total. The van der Waals surface area contributed by atoms with Gasteiger partial charge in [0.1, 0.15) is 0 Å². The second-order valence-electron chi connectivity index (χ2n) is 4.67. The molecule has 0 bridgehead atoms. The quantitative estimate of drug-likeness (QED) is 0.743. The normalized spacial score (nSPS) is 20.2. The average molecular weight is 249 g/mol. The molecule has 98 valence electrons. The molecule has 18 heavy (non-hydrogen) atoms. The van der Waals surface area contributed by atoms with E-state index in [9.17, 15) is 9.90 Å². The Morgan fingerprint density at radius 1 is 1.44 bits per heavy atom. The fraction of sp³-hybridized carbons (Fsp3) is 0.538. The standard InChI is InChI=1S/C13H19N3O2/c1-9-6-7-11(17)12(15-9)16-13(18)10-5-3-2-4-8-14-10/h6-7,10,14,17H,2-5,8H2,1H3,(H,15,16,18). The Labute approximate surface area is 107 Å². The maximum absolute atomic E-state index is 12.1. The van der Waals surface area contributed by atoms with Gasteiger partial charge in [0, 0.05) is 5.69 Å². The Morgan fingerprint density at radius 3 is 3.11 bits per heavy atom. The zero-order valence-corrected chi connectivity index (χ0v) is 10.6.